The number of nitrogens with one attached hydrogen (secondary N) is 2. The lowest BCUT2D eigenvalue weighted by atomic mass is 10.3. The Kier molecular flexibility index (Phi) is 4.93. The zero-order valence-corrected chi connectivity index (χ0v) is 14.8. The molecule has 25 heavy (non-hydrogen) atoms. The molecule has 3 aromatic heterocycles. The molecular formula is C15H15N5O3S2. The molecule has 3 heterocycles. The highest BCUT2D eigenvalue weighted by Crippen LogP contribution is 2.16. The van der Waals surface area contributed by atoms with Gasteiger partial charge in [0.15, 0.2) is 5.82 Å². The van der Waals surface area contributed by atoms with Crippen LogP contribution in [0, 0.1) is 0 Å². The Morgan fingerprint density at radius 2 is 2.00 bits per heavy atom. The van der Waals surface area contributed by atoms with E-state index in [1.807, 2.05) is 0 Å². The predicted octanol–water partition coefficient (Wildman–Crippen LogP) is 1.63. The van der Waals surface area contributed by atoms with Gasteiger partial charge in [-0.1, -0.05) is 6.07 Å². The fraction of sp³-hybridized carbons (Fsp3) is 0.133. The van der Waals surface area contributed by atoms with Gasteiger partial charge in [0.25, 0.3) is 10.0 Å². The van der Waals surface area contributed by atoms with Gasteiger partial charge >= 0.3 is 0 Å². The Hall–Kier alpha value is -2.56. The number of thiophene rings is 1. The monoisotopic (exact) mass is 377 g/mol. The summed E-state index contributed by atoms with van der Waals surface area (Å²) in [5.74, 6) is -0.177. The van der Waals surface area contributed by atoms with Crippen LogP contribution in [0.25, 0.3) is 5.69 Å². The van der Waals surface area contributed by atoms with Crippen LogP contribution in [0.1, 0.15) is 6.92 Å². The number of pyridine rings is 1. The first-order valence-electron chi connectivity index (χ1n) is 7.28. The second-order valence-electron chi connectivity index (χ2n) is 5.12. The molecule has 3 rings (SSSR count). The lowest BCUT2D eigenvalue weighted by molar-refractivity contribution is -0.117. The molecule has 0 bridgehead atoms. The molecule has 8 nitrogen and oxygen atoms in total. The number of rotatable bonds is 6. The number of carbonyl (C=O) groups excluding carboxylic acids is 1. The van der Waals surface area contributed by atoms with Gasteiger partial charge in [-0.25, -0.2) is 13.1 Å². The third kappa shape index (κ3) is 4.10. The van der Waals surface area contributed by atoms with Crippen molar-refractivity contribution in [1.29, 1.82) is 0 Å². The predicted molar refractivity (Wildman–Crippen MR) is 94.1 cm³/mol. The maximum atomic E-state index is 12.2. The number of carbonyl (C=O) groups is 1. The van der Waals surface area contributed by atoms with Crippen LogP contribution in [0.3, 0.4) is 0 Å². The van der Waals surface area contributed by atoms with Crippen molar-refractivity contribution in [2.75, 3.05) is 5.32 Å². The highest BCUT2D eigenvalue weighted by atomic mass is 32.2. The molecule has 0 fully saturated rings. The van der Waals surface area contributed by atoms with E-state index >= 15 is 0 Å². The Morgan fingerprint density at radius 3 is 2.68 bits per heavy atom. The van der Waals surface area contributed by atoms with Crippen LogP contribution in [0.2, 0.25) is 0 Å². The molecule has 0 aliphatic carbocycles. The van der Waals surface area contributed by atoms with E-state index in [4.69, 9.17) is 0 Å². The summed E-state index contributed by atoms with van der Waals surface area (Å²) in [5.41, 5.74) is 0.793. The third-order valence-corrected chi connectivity index (χ3v) is 6.19. The minimum atomic E-state index is -3.72. The SMILES string of the molecule is C[C@@H](NS(=O)(=O)c1cccs1)C(=O)Nc1ccn(-c2ccncc2)n1. The number of hydrogen-bond donors (Lipinski definition) is 2. The standard InChI is InChI=1S/C15H15N5O3S2/c1-11(19-25(22,23)14-3-2-10-24-14)15(21)17-13-6-9-20(18-13)12-4-7-16-8-5-12/h2-11,19H,1H3,(H,17,18,21)/t11-/m1/s1. The van der Waals surface area contributed by atoms with Crippen molar-refractivity contribution in [2.45, 2.75) is 17.2 Å². The highest BCUT2D eigenvalue weighted by molar-refractivity contribution is 7.91. The number of nitrogens with zero attached hydrogens (tertiary/aromatic N) is 3. The van der Waals surface area contributed by atoms with Crippen molar-refractivity contribution in [2.24, 2.45) is 0 Å². The zero-order chi connectivity index (χ0) is 17.9. The van der Waals surface area contributed by atoms with Crippen LogP contribution in [0.4, 0.5) is 5.82 Å². The molecule has 0 saturated heterocycles. The summed E-state index contributed by atoms with van der Waals surface area (Å²) in [6.45, 7) is 1.47. The van der Waals surface area contributed by atoms with E-state index in [1.165, 1.54) is 13.0 Å². The van der Waals surface area contributed by atoms with Crippen LogP contribution in [-0.2, 0) is 14.8 Å². The second-order valence-corrected chi connectivity index (χ2v) is 8.00. The van der Waals surface area contributed by atoms with Crippen LogP contribution in [0.15, 0.2) is 58.5 Å². The van der Waals surface area contributed by atoms with Crippen molar-refractivity contribution >= 4 is 33.1 Å². The Labute approximate surface area is 148 Å². The van der Waals surface area contributed by atoms with Gasteiger partial charge in [-0.05, 0) is 30.5 Å². The third-order valence-electron chi connectivity index (χ3n) is 3.25. The van der Waals surface area contributed by atoms with Crippen LogP contribution in [-0.4, -0.2) is 35.1 Å². The van der Waals surface area contributed by atoms with Gasteiger partial charge in [0.1, 0.15) is 4.21 Å². The van der Waals surface area contributed by atoms with Gasteiger partial charge in [-0.2, -0.15) is 9.82 Å². The first-order chi connectivity index (χ1) is 12.0. The van der Waals surface area contributed by atoms with Crippen molar-refractivity contribution in [3.8, 4) is 5.69 Å². The normalized spacial score (nSPS) is 12.7. The Balaban J connectivity index is 1.65. The van der Waals surface area contributed by atoms with E-state index in [1.54, 1.807) is 52.9 Å². The highest BCUT2D eigenvalue weighted by Gasteiger charge is 2.23. The molecular weight excluding hydrogens is 362 g/mol. The van der Waals surface area contributed by atoms with E-state index < -0.39 is 22.0 Å². The summed E-state index contributed by atoms with van der Waals surface area (Å²) in [6, 6.07) is 7.34. The quantitative estimate of drug-likeness (QED) is 0.679. The summed E-state index contributed by atoms with van der Waals surface area (Å²) in [4.78, 5) is 16.1. The van der Waals surface area contributed by atoms with Gasteiger partial charge in [0.05, 0.1) is 11.7 Å². The molecule has 130 valence electrons. The molecule has 2 N–H and O–H groups in total. The van der Waals surface area contributed by atoms with Gasteiger partial charge in [0, 0.05) is 24.7 Å². The summed E-state index contributed by atoms with van der Waals surface area (Å²) in [7, 11) is -3.72. The first kappa shape index (κ1) is 17.3. The minimum Gasteiger partial charge on any atom is -0.308 e. The molecule has 0 saturated carbocycles. The molecule has 0 radical (unpaired) electrons. The van der Waals surface area contributed by atoms with E-state index in [0.717, 1.165) is 17.0 Å². The topological polar surface area (TPSA) is 106 Å². The van der Waals surface area contributed by atoms with E-state index in [0.29, 0.717) is 5.82 Å². The number of hydrogen-bond acceptors (Lipinski definition) is 6. The molecule has 1 atom stereocenters. The van der Waals surface area contributed by atoms with Crippen LogP contribution < -0.4 is 10.0 Å². The minimum absolute atomic E-state index is 0.161. The van der Waals surface area contributed by atoms with Crippen LogP contribution in [0.5, 0.6) is 0 Å². The van der Waals surface area contributed by atoms with Gasteiger partial charge < -0.3 is 5.32 Å². The van der Waals surface area contributed by atoms with Gasteiger partial charge in [-0.15, -0.1) is 11.3 Å². The summed E-state index contributed by atoms with van der Waals surface area (Å²) in [5, 5.41) is 8.48. The summed E-state index contributed by atoms with van der Waals surface area (Å²) >= 11 is 1.09. The second kappa shape index (κ2) is 7.13. The van der Waals surface area contributed by atoms with Crippen molar-refractivity contribution in [3.05, 3.63) is 54.3 Å². The largest absolute Gasteiger partial charge is 0.308 e. The van der Waals surface area contributed by atoms with E-state index in [-0.39, 0.29) is 4.21 Å². The average molecular weight is 377 g/mol. The number of aromatic nitrogens is 3. The maximum absolute atomic E-state index is 12.2. The lowest BCUT2D eigenvalue weighted by Gasteiger charge is -2.12. The fourth-order valence-corrected chi connectivity index (χ4v) is 4.24. The average Bonchev–Trinajstić information content (AvgIpc) is 3.27. The summed E-state index contributed by atoms with van der Waals surface area (Å²) in [6.07, 6.45) is 4.96. The smallest absolute Gasteiger partial charge is 0.250 e. The van der Waals surface area contributed by atoms with E-state index in [9.17, 15) is 13.2 Å². The number of sulfonamides is 1. The first-order valence-corrected chi connectivity index (χ1v) is 9.65. The Morgan fingerprint density at radius 1 is 1.24 bits per heavy atom. The fourth-order valence-electron chi connectivity index (χ4n) is 2.03. The van der Waals surface area contributed by atoms with E-state index in [2.05, 4.69) is 20.1 Å². The molecule has 10 heteroatoms. The van der Waals surface area contributed by atoms with Gasteiger partial charge in [-0.3, -0.25) is 9.78 Å². The zero-order valence-electron chi connectivity index (χ0n) is 13.2. The van der Waals surface area contributed by atoms with Crippen molar-refractivity contribution < 1.29 is 13.2 Å². The molecule has 1 amide bonds. The molecule has 0 aliphatic heterocycles. The van der Waals surface area contributed by atoms with Crippen molar-refractivity contribution in [3.63, 3.8) is 0 Å². The molecule has 0 aliphatic rings. The molecule has 3 aromatic rings. The number of amides is 1. The maximum Gasteiger partial charge on any atom is 0.250 e. The summed E-state index contributed by atoms with van der Waals surface area (Å²) < 4.78 is 28.4. The molecule has 0 aromatic carbocycles. The Bertz CT molecular complexity index is 952. The van der Waals surface area contributed by atoms with Crippen molar-refractivity contribution in [1.82, 2.24) is 19.5 Å². The molecule has 0 spiro atoms. The van der Waals surface area contributed by atoms with Crippen LogP contribution >= 0.6 is 11.3 Å². The lowest BCUT2D eigenvalue weighted by Crippen LogP contribution is -2.41. The molecule has 0 unspecified atom stereocenters. The van der Waals surface area contributed by atoms with Gasteiger partial charge in [0.2, 0.25) is 5.91 Å². The number of anilines is 1.